The highest BCUT2D eigenvalue weighted by molar-refractivity contribution is 5.99. The lowest BCUT2D eigenvalue weighted by Gasteiger charge is -2.17. The molecule has 3 nitrogen and oxygen atoms in total. The van der Waals surface area contributed by atoms with E-state index in [4.69, 9.17) is 5.26 Å². The zero-order chi connectivity index (χ0) is 18.5. The second-order valence-electron chi connectivity index (χ2n) is 6.51. The van der Waals surface area contributed by atoms with Gasteiger partial charge in [-0.25, -0.2) is 0 Å². The summed E-state index contributed by atoms with van der Waals surface area (Å²) >= 11 is 0. The monoisotopic (exact) mass is 342 g/mol. The molecule has 0 spiro atoms. The largest absolute Gasteiger partial charge is 0.325 e. The summed E-state index contributed by atoms with van der Waals surface area (Å²) in [5, 5.41) is 14.4. The van der Waals surface area contributed by atoms with Gasteiger partial charge in [-0.05, 0) is 47.4 Å². The fraction of sp³-hybridized carbons (Fsp3) is 0.217. The molecule has 0 aliphatic carbocycles. The number of amides is 1. The molecule has 130 valence electrons. The summed E-state index contributed by atoms with van der Waals surface area (Å²) in [6, 6.07) is 21.8. The molecule has 0 saturated heterocycles. The van der Waals surface area contributed by atoms with Crippen molar-refractivity contribution >= 4 is 22.4 Å². The maximum Gasteiger partial charge on any atom is 0.231 e. The Balaban J connectivity index is 1.91. The molecule has 26 heavy (non-hydrogen) atoms. The van der Waals surface area contributed by atoms with E-state index in [-0.39, 0.29) is 11.8 Å². The van der Waals surface area contributed by atoms with Crippen LogP contribution in [0.4, 0.5) is 5.69 Å². The molecular formula is C23H22N2O. The van der Waals surface area contributed by atoms with Crippen LogP contribution in [0.1, 0.15) is 42.9 Å². The summed E-state index contributed by atoms with van der Waals surface area (Å²) in [5.41, 5.74) is 3.36. The number of rotatable bonds is 5. The van der Waals surface area contributed by atoms with Gasteiger partial charge in [0.1, 0.15) is 0 Å². The Morgan fingerprint density at radius 1 is 1.12 bits per heavy atom. The fourth-order valence-electron chi connectivity index (χ4n) is 3.26. The minimum absolute atomic E-state index is 0.0613. The van der Waals surface area contributed by atoms with E-state index in [1.54, 1.807) is 12.1 Å². The van der Waals surface area contributed by atoms with Crippen LogP contribution in [-0.4, -0.2) is 5.91 Å². The Kier molecular flexibility index (Phi) is 5.34. The van der Waals surface area contributed by atoms with Crippen molar-refractivity contribution < 1.29 is 4.79 Å². The van der Waals surface area contributed by atoms with Crippen molar-refractivity contribution in [2.24, 2.45) is 0 Å². The van der Waals surface area contributed by atoms with E-state index in [1.165, 1.54) is 0 Å². The zero-order valence-corrected chi connectivity index (χ0v) is 15.1. The van der Waals surface area contributed by atoms with Gasteiger partial charge in [0.25, 0.3) is 0 Å². The van der Waals surface area contributed by atoms with Gasteiger partial charge >= 0.3 is 0 Å². The number of fused-ring (bicyclic) bond motifs is 1. The lowest BCUT2D eigenvalue weighted by molar-refractivity contribution is -0.117. The average Bonchev–Trinajstić information content (AvgIpc) is 2.68. The Morgan fingerprint density at radius 2 is 1.88 bits per heavy atom. The van der Waals surface area contributed by atoms with Gasteiger partial charge in [-0.1, -0.05) is 61.9 Å². The Hall–Kier alpha value is -3.12. The Bertz CT molecular complexity index is 980. The first kappa shape index (κ1) is 17.7. The van der Waals surface area contributed by atoms with Crippen molar-refractivity contribution in [2.45, 2.75) is 32.6 Å². The summed E-state index contributed by atoms with van der Waals surface area (Å²) in [6.07, 6.45) is 1.84. The van der Waals surface area contributed by atoms with E-state index in [2.05, 4.69) is 30.4 Å². The highest BCUT2D eigenvalue weighted by Gasteiger charge is 2.18. The lowest BCUT2D eigenvalue weighted by atomic mass is 9.94. The van der Waals surface area contributed by atoms with E-state index >= 15 is 0 Å². The number of hydrogen-bond donors (Lipinski definition) is 1. The van der Waals surface area contributed by atoms with Gasteiger partial charge in [0, 0.05) is 5.69 Å². The van der Waals surface area contributed by atoms with Crippen molar-refractivity contribution in [3.8, 4) is 6.07 Å². The SMILES string of the molecule is CCCc1ccc(C#N)cc1NC(=O)C(C)c1cccc2ccccc12. The van der Waals surface area contributed by atoms with Crippen molar-refractivity contribution in [3.63, 3.8) is 0 Å². The van der Waals surface area contributed by atoms with Crippen LogP contribution in [0.2, 0.25) is 0 Å². The van der Waals surface area contributed by atoms with Gasteiger partial charge in [-0.15, -0.1) is 0 Å². The van der Waals surface area contributed by atoms with E-state index in [1.807, 2.05) is 43.3 Å². The van der Waals surface area contributed by atoms with Crippen LogP contribution >= 0.6 is 0 Å². The lowest BCUT2D eigenvalue weighted by Crippen LogP contribution is -2.20. The molecule has 1 amide bonds. The third kappa shape index (κ3) is 3.60. The number of carbonyl (C=O) groups excluding carboxylic acids is 1. The number of anilines is 1. The average molecular weight is 342 g/mol. The number of aryl methyl sites for hydroxylation is 1. The quantitative estimate of drug-likeness (QED) is 0.674. The van der Waals surface area contributed by atoms with Crippen LogP contribution in [0.5, 0.6) is 0 Å². The molecule has 3 aromatic carbocycles. The summed E-state index contributed by atoms with van der Waals surface area (Å²) < 4.78 is 0. The molecule has 0 aliphatic rings. The number of nitriles is 1. The van der Waals surface area contributed by atoms with Gasteiger partial charge in [0.2, 0.25) is 5.91 Å². The van der Waals surface area contributed by atoms with Crippen LogP contribution in [0.25, 0.3) is 10.8 Å². The van der Waals surface area contributed by atoms with Gasteiger partial charge in [-0.2, -0.15) is 5.26 Å². The zero-order valence-electron chi connectivity index (χ0n) is 15.1. The number of nitrogens with one attached hydrogen (secondary N) is 1. The molecule has 0 aromatic heterocycles. The van der Waals surface area contributed by atoms with Crippen molar-refractivity contribution in [1.82, 2.24) is 0 Å². The predicted molar refractivity (Wildman–Crippen MR) is 106 cm³/mol. The van der Waals surface area contributed by atoms with Crippen molar-refractivity contribution in [3.05, 3.63) is 77.4 Å². The highest BCUT2D eigenvalue weighted by Crippen LogP contribution is 2.27. The topological polar surface area (TPSA) is 52.9 Å². The molecule has 0 saturated carbocycles. The smallest absolute Gasteiger partial charge is 0.231 e. The Labute approximate surface area is 154 Å². The van der Waals surface area contributed by atoms with Gasteiger partial charge < -0.3 is 5.32 Å². The van der Waals surface area contributed by atoms with Crippen LogP contribution in [-0.2, 0) is 11.2 Å². The summed E-state index contributed by atoms with van der Waals surface area (Å²) in [7, 11) is 0. The van der Waals surface area contributed by atoms with E-state index in [9.17, 15) is 4.79 Å². The van der Waals surface area contributed by atoms with E-state index in [0.717, 1.165) is 40.4 Å². The van der Waals surface area contributed by atoms with Crippen LogP contribution < -0.4 is 5.32 Å². The molecule has 3 heteroatoms. The number of benzene rings is 3. The number of hydrogen-bond acceptors (Lipinski definition) is 2. The first-order valence-corrected chi connectivity index (χ1v) is 8.95. The molecule has 1 N–H and O–H groups in total. The maximum absolute atomic E-state index is 12.9. The molecule has 3 aromatic rings. The standard InChI is InChI=1S/C23H22N2O/c1-3-7-19-13-12-17(15-24)14-22(19)25-23(26)16(2)20-11-6-9-18-8-4-5-10-21(18)20/h4-6,8-14,16H,3,7H2,1-2H3,(H,25,26). The molecule has 0 bridgehead atoms. The number of nitrogens with zero attached hydrogens (tertiary/aromatic N) is 1. The third-order valence-corrected chi connectivity index (χ3v) is 4.70. The summed E-state index contributed by atoms with van der Waals surface area (Å²) in [4.78, 5) is 12.9. The van der Waals surface area contributed by atoms with Gasteiger partial charge in [0.15, 0.2) is 0 Å². The first-order chi connectivity index (χ1) is 12.6. The van der Waals surface area contributed by atoms with Gasteiger partial charge in [-0.3, -0.25) is 4.79 Å². The van der Waals surface area contributed by atoms with Crippen LogP contribution in [0.15, 0.2) is 60.7 Å². The third-order valence-electron chi connectivity index (χ3n) is 4.70. The Morgan fingerprint density at radius 3 is 2.65 bits per heavy atom. The molecule has 1 unspecified atom stereocenters. The highest BCUT2D eigenvalue weighted by atomic mass is 16.1. The maximum atomic E-state index is 12.9. The van der Waals surface area contributed by atoms with Crippen molar-refractivity contribution in [2.75, 3.05) is 5.32 Å². The first-order valence-electron chi connectivity index (χ1n) is 8.95. The van der Waals surface area contributed by atoms with Crippen molar-refractivity contribution in [1.29, 1.82) is 5.26 Å². The fourth-order valence-corrected chi connectivity index (χ4v) is 3.26. The molecule has 0 heterocycles. The molecule has 3 rings (SSSR count). The second-order valence-corrected chi connectivity index (χ2v) is 6.51. The summed E-state index contributed by atoms with van der Waals surface area (Å²) in [6.45, 7) is 4.02. The normalized spacial score (nSPS) is 11.7. The minimum atomic E-state index is -0.290. The molecule has 0 radical (unpaired) electrons. The molecule has 1 atom stereocenters. The molecule has 0 aliphatic heterocycles. The second kappa shape index (κ2) is 7.84. The minimum Gasteiger partial charge on any atom is -0.325 e. The van der Waals surface area contributed by atoms with Crippen LogP contribution in [0, 0.1) is 11.3 Å². The van der Waals surface area contributed by atoms with E-state index < -0.39 is 0 Å². The van der Waals surface area contributed by atoms with E-state index in [0.29, 0.717) is 5.56 Å². The molecule has 0 fully saturated rings. The predicted octanol–water partition coefficient (Wildman–Crippen LogP) is 5.41. The molecular weight excluding hydrogens is 320 g/mol. The van der Waals surface area contributed by atoms with Crippen LogP contribution in [0.3, 0.4) is 0 Å². The number of carbonyl (C=O) groups is 1. The summed E-state index contributed by atoms with van der Waals surface area (Å²) in [5.74, 6) is -0.352. The van der Waals surface area contributed by atoms with Gasteiger partial charge in [0.05, 0.1) is 17.6 Å².